The molecule has 1 aliphatic heterocycles. The molecule has 0 aliphatic carbocycles. The van der Waals surface area contributed by atoms with Crippen LogP contribution in [-0.4, -0.2) is 49.5 Å². The van der Waals surface area contributed by atoms with Crippen LogP contribution in [0.2, 0.25) is 0 Å². The smallest absolute Gasteiger partial charge is 0.238 e. The Morgan fingerprint density at radius 2 is 1.74 bits per heavy atom. The van der Waals surface area contributed by atoms with E-state index >= 15 is 0 Å². The number of hydrogen-bond donors (Lipinski definition) is 0. The normalized spacial score (nSPS) is 17.4. The first kappa shape index (κ1) is 19.5. The van der Waals surface area contributed by atoms with Crippen molar-refractivity contribution in [3.8, 4) is 0 Å². The second-order valence-electron chi connectivity index (χ2n) is 6.80. The van der Waals surface area contributed by atoms with Crippen LogP contribution in [0.15, 0.2) is 54.7 Å². The lowest BCUT2D eigenvalue weighted by molar-refractivity contribution is -0.125. The van der Waals surface area contributed by atoms with Crippen molar-refractivity contribution in [1.29, 1.82) is 0 Å². The Bertz CT molecular complexity index is 877. The minimum atomic E-state index is -3.26. The molecule has 27 heavy (non-hydrogen) atoms. The van der Waals surface area contributed by atoms with E-state index < -0.39 is 15.4 Å². The number of piperidine rings is 1. The highest BCUT2D eigenvalue weighted by molar-refractivity contribution is 7.89. The Morgan fingerprint density at radius 1 is 1.11 bits per heavy atom. The van der Waals surface area contributed by atoms with Crippen LogP contribution in [-0.2, 0) is 20.2 Å². The quantitative estimate of drug-likeness (QED) is 0.790. The second kappa shape index (κ2) is 7.78. The topological polar surface area (TPSA) is 70.6 Å². The number of sulfonamides is 1. The maximum Gasteiger partial charge on any atom is 0.238 e. The molecule has 0 spiro atoms. The third-order valence-electron chi connectivity index (χ3n) is 5.37. The van der Waals surface area contributed by atoms with Crippen LogP contribution in [0.3, 0.4) is 0 Å². The van der Waals surface area contributed by atoms with E-state index in [4.69, 9.17) is 0 Å². The molecule has 144 valence electrons. The van der Waals surface area contributed by atoms with E-state index in [1.165, 1.54) is 4.31 Å². The summed E-state index contributed by atoms with van der Waals surface area (Å²) in [5.74, 6) is 0.606. The Balaban J connectivity index is 1.95. The predicted molar refractivity (Wildman–Crippen MR) is 106 cm³/mol. The lowest BCUT2D eigenvalue weighted by Crippen LogP contribution is -2.53. The molecule has 0 radical (unpaired) electrons. The molecule has 0 saturated carbocycles. The molecular formula is C20H25N3O3S. The van der Waals surface area contributed by atoms with Gasteiger partial charge in [-0.05, 0) is 37.5 Å². The monoisotopic (exact) mass is 387 g/mol. The number of amides is 1. The van der Waals surface area contributed by atoms with Crippen LogP contribution in [0.25, 0.3) is 0 Å². The van der Waals surface area contributed by atoms with Crippen molar-refractivity contribution in [2.45, 2.75) is 25.2 Å². The van der Waals surface area contributed by atoms with Gasteiger partial charge in [0.1, 0.15) is 5.82 Å². The SMILES string of the molecule is CCS(=O)(=O)N1CCC(C(=O)N(C)c2ccccn2)(c2ccccc2)CC1. The molecule has 1 amide bonds. The van der Waals surface area contributed by atoms with Crippen molar-refractivity contribution in [3.05, 3.63) is 60.3 Å². The van der Waals surface area contributed by atoms with Gasteiger partial charge >= 0.3 is 0 Å². The number of pyridine rings is 1. The summed E-state index contributed by atoms with van der Waals surface area (Å²) in [6.07, 6.45) is 2.56. The molecule has 0 bridgehead atoms. The van der Waals surface area contributed by atoms with Crippen LogP contribution in [0.1, 0.15) is 25.3 Å². The van der Waals surface area contributed by atoms with E-state index in [1.54, 1.807) is 31.1 Å². The average Bonchev–Trinajstić information content (AvgIpc) is 2.74. The molecule has 3 rings (SSSR count). The second-order valence-corrected chi connectivity index (χ2v) is 9.06. The number of rotatable bonds is 5. The Labute approximate surface area is 160 Å². The number of anilines is 1. The molecule has 1 fully saturated rings. The van der Waals surface area contributed by atoms with Gasteiger partial charge in [0.15, 0.2) is 0 Å². The highest BCUT2D eigenvalue weighted by Gasteiger charge is 2.46. The summed E-state index contributed by atoms with van der Waals surface area (Å²) in [6, 6.07) is 15.1. The Morgan fingerprint density at radius 3 is 2.30 bits per heavy atom. The Kier molecular flexibility index (Phi) is 5.62. The maximum absolute atomic E-state index is 13.6. The fourth-order valence-corrected chi connectivity index (χ4v) is 4.79. The molecule has 0 atom stereocenters. The summed E-state index contributed by atoms with van der Waals surface area (Å²) in [5, 5.41) is 0. The zero-order valence-electron chi connectivity index (χ0n) is 15.7. The van der Waals surface area contributed by atoms with Crippen molar-refractivity contribution >= 4 is 21.7 Å². The van der Waals surface area contributed by atoms with Crippen molar-refractivity contribution in [1.82, 2.24) is 9.29 Å². The molecule has 6 nitrogen and oxygen atoms in total. The highest BCUT2D eigenvalue weighted by atomic mass is 32.2. The number of carbonyl (C=O) groups is 1. The molecule has 1 aromatic carbocycles. The molecule has 0 unspecified atom stereocenters. The molecule has 2 aromatic rings. The van der Waals surface area contributed by atoms with E-state index in [1.807, 2.05) is 42.5 Å². The van der Waals surface area contributed by atoms with Crippen molar-refractivity contribution in [2.24, 2.45) is 0 Å². The lowest BCUT2D eigenvalue weighted by Gasteiger charge is -2.42. The van der Waals surface area contributed by atoms with E-state index in [0.717, 1.165) is 5.56 Å². The van der Waals surface area contributed by atoms with Crippen LogP contribution < -0.4 is 4.90 Å². The van der Waals surface area contributed by atoms with Gasteiger partial charge in [-0.1, -0.05) is 36.4 Å². The van der Waals surface area contributed by atoms with Gasteiger partial charge in [-0.3, -0.25) is 9.69 Å². The first-order chi connectivity index (χ1) is 12.9. The minimum absolute atomic E-state index is 0.0547. The first-order valence-corrected chi connectivity index (χ1v) is 10.7. The number of hydrogen-bond acceptors (Lipinski definition) is 4. The standard InChI is InChI=1S/C20H25N3O3S/c1-3-27(25,26)23-15-12-20(13-16-23,17-9-5-4-6-10-17)19(24)22(2)18-11-7-8-14-21-18/h4-11,14H,3,12-13,15-16H2,1-2H3. The minimum Gasteiger partial charge on any atom is -0.299 e. The van der Waals surface area contributed by atoms with Crippen molar-refractivity contribution in [2.75, 3.05) is 30.8 Å². The summed E-state index contributed by atoms with van der Waals surface area (Å²) in [5.41, 5.74) is 0.166. The van der Waals surface area contributed by atoms with Gasteiger partial charge in [0.2, 0.25) is 15.9 Å². The zero-order valence-corrected chi connectivity index (χ0v) is 16.5. The maximum atomic E-state index is 13.6. The van der Waals surface area contributed by atoms with Gasteiger partial charge in [-0.2, -0.15) is 0 Å². The summed E-state index contributed by atoms with van der Waals surface area (Å²) < 4.78 is 26.0. The molecule has 1 saturated heterocycles. The molecule has 1 aromatic heterocycles. The van der Waals surface area contributed by atoms with Crippen LogP contribution in [0.5, 0.6) is 0 Å². The fraction of sp³-hybridized carbons (Fsp3) is 0.400. The molecule has 1 aliphatic rings. The highest BCUT2D eigenvalue weighted by Crippen LogP contribution is 2.38. The van der Waals surface area contributed by atoms with Gasteiger partial charge in [0, 0.05) is 26.3 Å². The summed E-state index contributed by atoms with van der Waals surface area (Å²) in [6.45, 7) is 2.33. The number of benzene rings is 1. The van der Waals surface area contributed by atoms with Gasteiger partial charge in [0.25, 0.3) is 0 Å². The summed E-state index contributed by atoms with van der Waals surface area (Å²) in [4.78, 5) is 19.4. The van der Waals surface area contributed by atoms with Crippen molar-refractivity contribution < 1.29 is 13.2 Å². The lowest BCUT2D eigenvalue weighted by atomic mass is 9.72. The van der Waals surface area contributed by atoms with Gasteiger partial charge in [-0.25, -0.2) is 17.7 Å². The number of likely N-dealkylation sites (N-methyl/N-ethyl adjacent to an activating group) is 1. The number of aromatic nitrogens is 1. The van der Waals surface area contributed by atoms with E-state index in [-0.39, 0.29) is 11.7 Å². The number of nitrogens with zero attached hydrogens (tertiary/aromatic N) is 3. The summed E-state index contributed by atoms with van der Waals surface area (Å²) >= 11 is 0. The van der Waals surface area contributed by atoms with E-state index in [2.05, 4.69) is 4.98 Å². The van der Waals surface area contributed by atoms with Crippen LogP contribution in [0.4, 0.5) is 5.82 Å². The number of carbonyl (C=O) groups excluding carboxylic acids is 1. The third kappa shape index (κ3) is 3.75. The summed E-state index contributed by atoms with van der Waals surface area (Å²) in [7, 11) is -1.53. The largest absolute Gasteiger partial charge is 0.299 e. The van der Waals surface area contributed by atoms with Gasteiger partial charge in [-0.15, -0.1) is 0 Å². The fourth-order valence-electron chi connectivity index (χ4n) is 3.69. The van der Waals surface area contributed by atoms with E-state index in [9.17, 15) is 13.2 Å². The Hall–Kier alpha value is -2.25. The van der Waals surface area contributed by atoms with Crippen molar-refractivity contribution in [3.63, 3.8) is 0 Å². The predicted octanol–water partition coefficient (Wildman–Crippen LogP) is 2.43. The third-order valence-corrected chi connectivity index (χ3v) is 7.25. The average molecular weight is 388 g/mol. The van der Waals surface area contributed by atoms with Gasteiger partial charge in [0.05, 0.1) is 11.2 Å². The zero-order chi connectivity index (χ0) is 19.5. The molecule has 2 heterocycles. The van der Waals surface area contributed by atoms with Crippen LogP contribution in [0, 0.1) is 0 Å². The molecule has 7 heteroatoms. The molecule has 0 N–H and O–H groups in total. The van der Waals surface area contributed by atoms with Gasteiger partial charge < -0.3 is 0 Å². The van der Waals surface area contributed by atoms with E-state index in [0.29, 0.717) is 31.7 Å². The first-order valence-electron chi connectivity index (χ1n) is 9.13. The molecular weight excluding hydrogens is 362 g/mol. The van der Waals surface area contributed by atoms with Crippen LogP contribution >= 0.6 is 0 Å².